The second-order valence-electron chi connectivity index (χ2n) is 6.77. The third kappa shape index (κ3) is 4.23. The zero-order valence-corrected chi connectivity index (χ0v) is 13.9. The Morgan fingerprint density at radius 2 is 1.82 bits per heavy atom. The van der Waals surface area contributed by atoms with Gasteiger partial charge in [0.25, 0.3) is 0 Å². The van der Waals surface area contributed by atoms with Crippen LogP contribution in [0.4, 0.5) is 0 Å². The normalized spacial score (nSPS) is 27.9. The van der Waals surface area contributed by atoms with E-state index in [9.17, 15) is 5.11 Å². The first-order chi connectivity index (χ1) is 10.7. The highest BCUT2D eigenvalue weighted by molar-refractivity contribution is 6.31. The standard InChI is InChI=1S/C18H27ClN2O/c19-16-6-2-1-5-14(16)13-21-11-9-15(10-12-21)20-17-7-3-4-8-18(17)22/h1-2,5-6,15,17-18,20,22H,3-4,7-13H2/t17-,18-/m1/s1. The molecular formula is C18H27ClN2O. The molecule has 1 aliphatic heterocycles. The van der Waals surface area contributed by atoms with Crippen molar-refractivity contribution in [2.75, 3.05) is 13.1 Å². The third-order valence-corrected chi connectivity index (χ3v) is 5.49. The van der Waals surface area contributed by atoms with Crippen LogP contribution in [0.15, 0.2) is 24.3 Å². The minimum absolute atomic E-state index is 0.144. The van der Waals surface area contributed by atoms with Gasteiger partial charge in [-0.3, -0.25) is 4.90 Å². The largest absolute Gasteiger partial charge is 0.392 e. The molecule has 0 radical (unpaired) electrons. The first-order valence-corrected chi connectivity index (χ1v) is 9.00. The Hall–Kier alpha value is -0.610. The van der Waals surface area contributed by atoms with E-state index in [1.807, 2.05) is 12.1 Å². The Balaban J connectivity index is 1.45. The number of hydrogen-bond donors (Lipinski definition) is 2. The van der Waals surface area contributed by atoms with Gasteiger partial charge in [-0.2, -0.15) is 0 Å². The summed E-state index contributed by atoms with van der Waals surface area (Å²) in [4.78, 5) is 2.48. The maximum Gasteiger partial charge on any atom is 0.0693 e. The molecule has 1 aromatic rings. The van der Waals surface area contributed by atoms with E-state index in [1.165, 1.54) is 18.4 Å². The molecule has 122 valence electrons. The van der Waals surface area contributed by atoms with Crippen molar-refractivity contribution < 1.29 is 5.11 Å². The lowest BCUT2D eigenvalue weighted by Crippen LogP contribution is -2.50. The van der Waals surface area contributed by atoms with Crippen molar-refractivity contribution in [3.8, 4) is 0 Å². The van der Waals surface area contributed by atoms with E-state index in [0.717, 1.165) is 50.3 Å². The molecule has 3 nitrogen and oxygen atoms in total. The lowest BCUT2D eigenvalue weighted by Gasteiger charge is -2.37. The summed E-state index contributed by atoms with van der Waals surface area (Å²) in [6, 6.07) is 8.99. The number of nitrogens with zero attached hydrogens (tertiary/aromatic N) is 1. The predicted molar refractivity (Wildman–Crippen MR) is 91.1 cm³/mol. The third-order valence-electron chi connectivity index (χ3n) is 5.12. The van der Waals surface area contributed by atoms with Crippen molar-refractivity contribution in [3.63, 3.8) is 0 Å². The number of rotatable bonds is 4. The van der Waals surface area contributed by atoms with Crippen LogP contribution in [0, 0.1) is 0 Å². The van der Waals surface area contributed by atoms with Gasteiger partial charge in [-0.15, -0.1) is 0 Å². The molecule has 22 heavy (non-hydrogen) atoms. The number of aliphatic hydroxyl groups is 1. The molecule has 0 spiro atoms. The Labute approximate surface area is 138 Å². The molecule has 4 heteroatoms. The van der Waals surface area contributed by atoms with Crippen LogP contribution in [0.1, 0.15) is 44.1 Å². The van der Waals surface area contributed by atoms with Crippen molar-refractivity contribution in [2.24, 2.45) is 0 Å². The maximum absolute atomic E-state index is 10.1. The van der Waals surface area contributed by atoms with Gasteiger partial charge in [0.1, 0.15) is 0 Å². The minimum Gasteiger partial charge on any atom is -0.392 e. The Morgan fingerprint density at radius 1 is 1.09 bits per heavy atom. The van der Waals surface area contributed by atoms with Crippen molar-refractivity contribution in [2.45, 2.75) is 63.3 Å². The summed E-state index contributed by atoms with van der Waals surface area (Å²) >= 11 is 6.25. The summed E-state index contributed by atoms with van der Waals surface area (Å²) in [5.74, 6) is 0. The fraction of sp³-hybridized carbons (Fsp3) is 0.667. The molecule has 2 N–H and O–H groups in total. The molecule has 0 aromatic heterocycles. The topological polar surface area (TPSA) is 35.5 Å². The molecular weight excluding hydrogens is 296 g/mol. The van der Waals surface area contributed by atoms with Crippen LogP contribution in [0.2, 0.25) is 5.02 Å². The molecule has 0 bridgehead atoms. The second kappa shape index (κ2) is 7.78. The van der Waals surface area contributed by atoms with Crippen LogP contribution in [0.25, 0.3) is 0 Å². The average Bonchev–Trinajstić information content (AvgIpc) is 2.54. The molecule has 1 heterocycles. The zero-order valence-electron chi connectivity index (χ0n) is 13.2. The van der Waals surface area contributed by atoms with Crippen LogP contribution in [-0.4, -0.2) is 41.3 Å². The van der Waals surface area contributed by atoms with Gasteiger partial charge in [0.2, 0.25) is 0 Å². The van der Waals surface area contributed by atoms with Crippen LogP contribution in [-0.2, 0) is 6.54 Å². The van der Waals surface area contributed by atoms with E-state index in [2.05, 4.69) is 22.3 Å². The lowest BCUT2D eigenvalue weighted by molar-refractivity contribution is 0.0759. The van der Waals surface area contributed by atoms with Crippen molar-refractivity contribution in [3.05, 3.63) is 34.9 Å². The smallest absolute Gasteiger partial charge is 0.0693 e. The monoisotopic (exact) mass is 322 g/mol. The first kappa shape index (κ1) is 16.3. The quantitative estimate of drug-likeness (QED) is 0.893. The molecule has 1 aromatic carbocycles. The van der Waals surface area contributed by atoms with Gasteiger partial charge >= 0.3 is 0 Å². The van der Waals surface area contributed by atoms with Crippen molar-refractivity contribution in [1.29, 1.82) is 0 Å². The number of nitrogens with one attached hydrogen (secondary N) is 1. The van der Waals surface area contributed by atoms with Crippen LogP contribution >= 0.6 is 11.6 Å². The molecule has 3 rings (SSSR count). The summed E-state index contributed by atoms with van der Waals surface area (Å²) < 4.78 is 0. The van der Waals surface area contributed by atoms with Gasteiger partial charge in [0.15, 0.2) is 0 Å². The minimum atomic E-state index is -0.144. The van der Waals surface area contributed by atoms with Crippen molar-refractivity contribution >= 4 is 11.6 Å². The summed E-state index contributed by atoms with van der Waals surface area (Å²) in [6.45, 7) is 3.15. The number of likely N-dealkylation sites (tertiary alicyclic amines) is 1. The van der Waals surface area contributed by atoms with E-state index in [0.29, 0.717) is 12.1 Å². The second-order valence-corrected chi connectivity index (χ2v) is 7.17. The molecule has 2 aliphatic rings. The van der Waals surface area contributed by atoms with Crippen LogP contribution < -0.4 is 5.32 Å². The predicted octanol–water partition coefficient (Wildman–Crippen LogP) is 3.20. The highest BCUT2D eigenvalue weighted by Crippen LogP contribution is 2.22. The molecule has 0 amide bonds. The molecule has 0 unspecified atom stereocenters. The fourth-order valence-corrected chi connectivity index (χ4v) is 3.93. The summed E-state index contributed by atoms with van der Waals surface area (Å²) in [5.41, 5.74) is 1.22. The lowest BCUT2D eigenvalue weighted by atomic mass is 9.91. The van der Waals surface area contributed by atoms with E-state index >= 15 is 0 Å². The Bertz CT molecular complexity index is 474. The van der Waals surface area contributed by atoms with E-state index < -0.39 is 0 Å². The SMILES string of the molecule is O[C@@H]1CCCC[C@H]1NC1CCN(Cc2ccccc2Cl)CC1. The maximum atomic E-state index is 10.1. The highest BCUT2D eigenvalue weighted by atomic mass is 35.5. The number of hydrogen-bond acceptors (Lipinski definition) is 3. The average molecular weight is 323 g/mol. The number of piperidine rings is 1. The molecule has 2 atom stereocenters. The van der Waals surface area contributed by atoms with Gasteiger partial charge in [0.05, 0.1) is 6.10 Å². The fourth-order valence-electron chi connectivity index (χ4n) is 3.73. The van der Waals surface area contributed by atoms with Gasteiger partial charge in [0, 0.05) is 23.7 Å². The van der Waals surface area contributed by atoms with Gasteiger partial charge < -0.3 is 10.4 Å². The van der Waals surface area contributed by atoms with Gasteiger partial charge in [-0.05, 0) is 50.4 Å². The van der Waals surface area contributed by atoms with E-state index in [4.69, 9.17) is 11.6 Å². The van der Waals surface area contributed by atoms with Gasteiger partial charge in [-0.25, -0.2) is 0 Å². The number of halogens is 1. The Morgan fingerprint density at radius 3 is 2.55 bits per heavy atom. The highest BCUT2D eigenvalue weighted by Gasteiger charge is 2.27. The van der Waals surface area contributed by atoms with Gasteiger partial charge in [-0.1, -0.05) is 42.6 Å². The molecule has 1 aliphatic carbocycles. The van der Waals surface area contributed by atoms with Crippen molar-refractivity contribution in [1.82, 2.24) is 10.2 Å². The number of aliphatic hydroxyl groups excluding tert-OH is 1. The molecule has 2 fully saturated rings. The zero-order chi connectivity index (χ0) is 15.4. The summed E-state index contributed by atoms with van der Waals surface area (Å²) in [7, 11) is 0. The molecule has 1 saturated heterocycles. The van der Waals surface area contributed by atoms with E-state index in [1.54, 1.807) is 0 Å². The Kier molecular flexibility index (Phi) is 5.75. The summed E-state index contributed by atoms with van der Waals surface area (Å²) in [5, 5.41) is 14.7. The number of benzene rings is 1. The first-order valence-electron chi connectivity index (χ1n) is 8.62. The van der Waals surface area contributed by atoms with Crippen LogP contribution in [0.5, 0.6) is 0 Å². The van der Waals surface area contributed by atoms with E-state index in [-0.39, 0.29) is 6.10 Å². The molecule has 1 saturated carbocycles. The van der Waals surface area contributed by atoms with Crippen LogP contribution in [0.3, 0.4) is 0 Å². The summed E-state index contributed by atoms with van der Waals surface area (Å²) in [6.07, 6.45) is 6.69.